The SMILES string of the molecule is Cc1ccccc1C(=O)NCCOc1cccc(N)c1. The van der Waals surface area contributed by atoms with Crippen molar-refractivity contribution in [1.82, 2.24) is 5.32 Å². The van der Waals surface area contributed by atoms with Gasteiger partial charge in [-0.25, -0.2) is 0 Å². The van der Waals surface area contributed by atoms with E-state index in [0.717, 1.165) is 5.56 Å². The topological polar surface area (TPSA) is 64.3 Å². The van der Waals surface area contributed by atoms with Crippen molar-refractivity contribution in [2.45, 2.75) is 6.92 Å². The highest BCUT2D eigenvalue weighted by Gasteiger charge is 2.06. The van der Waals surface area contributed by atoms with E-state index in [1.807, 2.05) is 43.3 Å². The summed E-state index contributed by atoms with van der Waals surface area (Å²) in [5.41, 5.74) is 7.96. The van der Waals surface area contributed by atoms with E-state index in [2.05, 4.69) is 5.32 Å². The molecular weight excluding hydrogens is 252 g/mol. The second-order valence-electron chi connectivity index (χ2n) is 4.49. The maximum atomic E-state index is 11.9. The number of aryl methyl sites for hydroxylation is 1. The number of anilines is 1. The average molecular weight is 270 g/mol. The highest BCUT2D eigenvalue weighted by molar-refractivity contribution is 5.95. The van der Waals surface area contributed by atoms with E-state index in [0.29, 0.717) is 30.2 Å². The van der Waals surface area contributed by atoms with Crippen LogP contribution in [-0.4, -0.2) is 19.1 Å². The minimum Gasteiger partial charge on any atom is -0.492 e. The third-order valence-corrected chi connectivity index (χ3v) is 2.90. The number of amides is 1. The van der Waals surface area contributed by atoms with Crippen LogP contribution >= 0.6 is 0 Å². The molecule has 0 spiro atoms. The van der Waals surface area contributed by atoms with Gasteiger partial charge in [-0.15, -0.1) is 0 Å². The first-order valence-corrected chi connectivity index (χ1v) is 6.49. The third-order valence-electron chi connectivity index (χ3n) is 2.90. The monoisotopic (exact) mass is 270 g/mol. The zero-order chi connectivity index (χ0) is 14.4. The van der Waals surface area contributed by atoms with Gasteiger partial charge in [0.15, 0.2) is 0 Å². The molecule has 0 radical (unpaired) electrons. The zero-order valence-corrected chi connectivity index (χ0v) is 11.4. The Morgan fingerprint density at radius 1 is 1.20 bits per heavy atom. The molecule has 4 nitrogen and oxygen atoms in total. The molecule has 0 aromatic heterocycles. The van der Waals surface area contributed by atoms with Crippen molar-refractivity contribution in [2.24, 2.45) is 0 Å². The fraction of sp³-hybridized carbons (Fsp3) is 0.188. The summed E-state index contributed by atoms with van der Waals surface area (Å²) in [6.45, 7) is 2.77. The van der Waals surface area contributed by atoms with Gasteiger partial charge in [-0.2, -0.15) is 0 Å². The molecule has 0 bridgehead atoms. The van der Waals surface area contributed by atoms with E-state index < -0.39 is 0 Å². The van der Waals surface area contributed by atoms with Gasteiger partial charge in [0.1, 0.15) is 12.4 Å². The van der Waals surface area contributed by atoms with E-state index in [-0.39, 0.29) is 5.91 Å². The second kappa shape index (κ2) is 6.61. The maximum absolute atomic E-state index is 11.9. The first-order valence-electron chi connectivity index (χ1n) is 6.49. The lowest BCUT2D eigenvalue weighted by atomic mass is 10.1. The van der Waals surface area contributed by atoms with Crippen molar-refractivity contribution in [3.05, 3.63) is 59.7 Å². The van der Waals surface area contributed by atoms with Crippen LogP contribution in [0.2, 0.25) is 0 Å². The van der Waals surface area contributed by atoms with Crippen molar-refractivity contribution < 1.29 is 9.53 Å². The molecule has 3 N–H and O–H groups in total. The molecule has 0 atom stereocenters. The normalized spacial score (nSPS) is 10.1. The molecule has 20 heavy (non-hydrogen) atoms. The fourth-order valence-electron chi connectivity index (χ4n) is 1.86. The molecule has 0 aliphatic heterocycles. The van der Waals surface area contributed by atoms with Crippen LogP contribution in [0.15, 0.2) is 48.5 Å². The number of ether oxygens (including phenoxy) is 1. The first kappa shape index (κ1) is 13.9. The number of carbonyl (C=O) groups excluding carboxylic acids is 1. The lowest BCUT2D eigenvalue weighted by molar-refractivity contribution is 0.0946. The quantitative estimate of drug-likeness (QED) is 0.647. The Hall–Kier alpha value is -2.49. The van der Waals surface area contributed by atoms with E-state index in [1.165, 1.54) is 0 Å². The Labute approximate surface area is 118 Å². The standard InChI is InChI=1S/C16H18N2O2/c1-12-5-2-3-8-15(12)16(19)18-9-10-20-14-7-4-6-13(17)11-14/h2-8,11H,9-10,17H2,1H3,(H,18,19). The summed E-state index contributed by atoms with van der Waals surface area (Å²) >= 11 is 0. The van der Waals surface area contributed by atoms with Crippen LogP contribution in [0, 0.1) is 6.92 Å². The summed E-state index contributed by atoms with van der Waals surface area (Å²) in [5.74, 6) is 0.620. The van der Waals surface area contributed by atoms with Gasteiger partial charge < -0.3 is 15.8 Å². The molecule has 1 amide bonds. The zero-order valence-electron chi connectivity index (χ0n) is 11.4. The molecule has 0 saturated carbocycles. The molecule has 0 aliphatic carbocycles. The smallest absolute Gasteiger partial charge is 0.251 e. The highest BCUT2D eigenvalue weighted by atomic mass is 16.5. The van der Waals surface area contributed by atoms with Gasteiger partial charge in [0, 0.05) is 17.3 Å². The predicted octanol–water partition coefficient (Wildman–Crippen LogP) is 2.39. The van der Waals surface area contributed by atoms with Crippen LogP contribution in [0.25, 0.3) is 0 Å². The fourth-order valence-corrected chi connectivity index (χ4v) is 1.86. The summed E-state index contributed by atoms with van der Waals surface area (Å²) in [5, 5.41) is 2.83. The van der Waals surface area contributed by atoms with Crippen molar-refractivity contribution in [1.29, 1.82) is 0 Å². The predicted molar refractivity (Wildman–Crippen MR) is 79.9 cm³/mol. The Bertz CT molecular complexity index is 597. The number of nitrogens with one attached hydrogen (secondary N) is 1. The Balaban J connectivity index is 1.79. The number of carbonyl (C=O) groups is 1. The minimum absolute atomic E-state index is 0.0840. The number of nitrogens with two attached hydrogens (primary N) is 1. The summed E-state index contributed by atoms with van der Waals surface area (Å²) in [6.07, 6.45) is 0. The molecule has 2 rings (SSSR count). The summed E-state index contributed by atoms with van der Waals surface area (Å²) in [4.78, 5) is 11.9. The number of hydrogen-bond donors (Lipinski definition) is 2. The summed E-state index contributed by atoms with van der Waals surface area (Å²) in [6, 6.07) is 14.7. The molecular formula is C16H18N2O2. The summed E-state index contributed by atoms with van der Waals surface area (Å²) < 4.78 is 5.51. The summed E-state index contributed by atoms with van der Waals surface area (Å²) in [7, 11) is 0. The van der Waals surface area contributed by atoms with Crippen LogP contribution in [0.3, 0.4) is 0 Å². The molecule has 0 unspecified atom stereocenters. The van der Waals surface area contributed by atoms with Gasteiger partial charge in [0.2, 0.25) is 0 Å². The van der Waals surface area contributed by atoms with Crippen LogP contribution in [-0.2, 0) is 0 Å². The van der Waals surface area contributed by atoms with Crippen LogP contribution < -0.4 is 15.8 Å². The van der Waals surface area contributed by atoms with Crippen LogP contribution in [0.1, 0.15) is 15.9 Å². The van der Waals surface area contributed by atoms with Gasteiger partial charge in [-0.1, -0.05) is 24.3 Å². The minimum atomic E-state index is -0.0840. The Morgan fingerprint density at radius 3 is 2.75 bits per heavy atom. The number of nitrogen functional groups attached to an aromatic ring is 1. The van der Waals surface area contributed by atoms with Crippen LogP contribution in [0.4, 0.5) is 5.69 Å². The molecule has 4 heteroatoms. The van der Waals surface area contributed by atoms with Gasteiger partial charge in [-0.05, 0) is 30.7 Å². The van der Waals surface area contributed by atoms with E-state index in [1.54, 1.807) is 12.1 Å². The first-order chi connectivity index (χ1) is 9.66. The molecule has 0 heterocycles. The number of benzene rings is 2. The molecule has 0 aliphatic rings. The van der Waals surface area contributed by atoms with Crippen molar-refractivity contribution >= 4 is 11.6 Å². The number of rotatable bonds is 5. The van der Waals surface area contributed by atoms with E-state index in [9.17, 15) is 4.79 Å². The molecule has 0 saturated heterocycles. The van der Waals surface area contributed by atoms with Gasteiger partial charge in [0.05, 0.1) is 6.54 Å². The van der Waals surface area contributed by atoms with E-state index >= 15 is 0 Å². The maximum Gasteiger partial charge on any atom is 0.251 e. The lowest BCUT2D eigenvalue weighted by Crippen LogP contribution is -2.28. The Morgan fingerprint density at radius 2 is 2.00 bits per heavy atom. The van der Waals surface area contributed by atoms with E-state index in [4.69, 9.17) is 10.5 Å². The average Bonchev–Trinajstić information content (AvgIpc) is 2.44. The van der Waals surface area contributed by atoms with Gasteiger partial charge >= 0.3 is 0 Å². The molecule has 2 aromatic rings. The Kier molecular flexibility index (Phi) is 4.60. The van der Waals surface area contributed by atoms with Crippen molar-refractivity contribution in [2.75, 3.05) is 18.9 Å². The number of hydrogen-bond acceptors (Lipinski definition) is 3. The molecule has 0 fully saturated rings. The van der Waals surface area contributed by atoms with Gasteiger partial charge in [0.25, 0.3) is 5.91 Å². The lowest BCUT2D eigenvalue weighted by Gasteiger charge is -2.09. The second-order valence-corrected chi connectivity index (χ2v) is 4.49. The largest absolute Gasteiger partial charge is 0.492 e. The van der Waals surface area contributed by atoms with Crippen molar-refractivity contribution in [3.8, 4) is 5.75 Å². The highest BCUT2D eigenvalue weighted by Crippen LogP contribution is 2.14. The van der Waals surface area contributed by atoms with Crippen LogP contribution in [0.5, 0.6) is 5.75 Å². The third kappa shape index (κ3) is 3.75. The molecule has 104 valence electrons. The van der Waals surface area contributed by atoms with Crippen molar-refractivity contribution in [3.63, 3.8) is 0 Å². The van der Waals surface area contributed by atoms with Gasteiger partial charge in [-0.3, -0.25) is 4.79 Å². The molecule has 2 aromatic carbocycles.